The highest BCUT2D eigenvalue weighted by Crippen LogP contribution is 2.30. The third kappa shape index (κ3) is 5.61. The van der Waals surface area contributed by atoms with Crippen molar-refractivity contribution in [3.63, 3.8) is 0 Å². The number of benzene rings is 2. The Labute approximate surface area is 170 Å². The fraction of sp³-hybridized carbons (Fsp3) is 0.316. The highest BCUT2D eigenvalue weighted by molar-refractivity contribution is 7.92. The summed E-state index contributed by atoms with van der Waals surface area (Å²) in [5, 5.41) is 3.37. The van der Waals surface area contributed by atoms with Crippen LogP contribution in [0.1, 0.15) is 29.7 Å². The molecule has 1 unspecified atom stereocenters. The minimum atomic E-state index is -3.72. The number of carbonyl (C=O) groups excluding carboxylic acids is 1. The Morgan fingerprint density at radius 1 is 1.11 bits per heavy atom. The first-order chi connectivity index (χ1) is 12.5. The van der Waals surface area contributed by atoms with Crippen LogP contribution in [0.5, 0.6) is 0 Å². The third-order valence-corrected chi connectivity index (χ3v) is 5.94. The zero-order valence-corrected chi connectivity index (χ0v) is 17.9. The van der Waals surface area contributed by atoms with Crippen molar-refractivity contribution in [3.8, 4) is 0 Å². The number of halogens is 2. The second kappa shape index (κ2) is 8.50. The number of anilines is 1. The van der Waals surface area contributed by atoms with Gasteiger partial charge in [-0.1, -0.05) is 41.4 Å². The zero-order valence-electron chi connectivity index (χ0n) is 15.6. The van der Waals surface area contributed by atoms with Crippen molar-refractivity contribution in [3.05, 3.63) is 63.1 Å². The molecule has 27 heavy (non-hydrogen) atoms. The molecule has 0 radical (unpaired) electrons. The minimum absolute atomic E-state index is 0.155. The largest absolute Gasteiger partial charge is 0.348 e. The van der Waals surface area contributed by atoms with Crippen LogP contribution in [0.3, 0.4) is 0 Å². The topological polar surface area (TPSA) is 66.5 Å². The molecular weight excluding hydrogens is 407 g/mol. The molecule has 0 spiro atoms. The molecule has 2 aromatic rings. The maximum absolute atomic E-state index is 12.5. The summed E-state index contributed by atoms with van der Waals surface area (Å²) in [6.45, 7) is 5.49. The molecular formula is C19H22Cl2N2O3S. The van der Waals surface area contributed by atoms with Crippen molar-refractivity contribution in [2.75, 3.05) is 17.1 Å². The molecule has 5 nitrogen and oxygen atoms in total. The van der Waals surface area contributed by atoms with Gasteiger partial charge in [0.05, 0.1) is 23.0 Å². The van der Waals surface area contributed by atoms with Crippen LogP contribution < -0.4 is 9.62 Å². The number of rotatable bonds is 6. The van der Waals surface area contributed by atoms with Gasteiger partial charge in [0.2, 0.25) is 15.9 Å². The summed E-state index contributed by atoms with van der Waals surface area (Å²) in [7, 11) is -3.72. The lowest BCUT2D eigenvalue weighted by atomic mass is 10.0. The molecule has 0 saturated carbocycles. The van der Waals surface area contributed by atoms with E-state index in [9.17, 15) is 13.2 Å². The Bertz CT molecular complexity index is 961. The van der Waals surface area contributed by atoms with Crippen LogP contribution in [0.4, 0.5) is 5.69 Å². The Kier molecular flexibility index (Phi) is 6.78. The van der Waals surface area contributed by atoms with E-state index in [0.29, 0.717) is 5.02 Å². The SMILES string of the molecule is Cc1ccc(C(C)NC(=O)CN(c2ccc(Cl)cc2Cl)S(C)(=O)=O)cc1C. The summed E-state index contributed by atoms with van der Waals surface area (Å²) in [4.78, 5) is 12.5. The summed E-state index contributed by atoms with van der Waals surface area (Å²) in [6.07, 6.45) is 1.03. The normalized spacial score (nSPS) is 12.5. The Balaban J connectivity index is 2.20. The number of carbonyl (C=O) groups is 1. The molecule has 0 heterocycles. The molecule has 2 aromatic carbocycles. The van der Waals surface area contributed by atoms with E-state index in [-0.39, 0.29) is 23.3 Å². The molecule has 8 heteroatoms. The number of hydrogen-bond acceptors (Lipinski definition) is 3. The van der Waals surface area contributed by atoms with Crippen molar-refractivity contribution >= 4 is 44.8 Å². The molecule has 1 amide bonds. The first-order valence-electron chi connectivity index (χ1n) is 8.28. The average molecular weight is 429 g/mol. The average Bonchev–Trinajstić information content (AvgIpc) is 2.54. The quantitative estimate of drug-likeness (QED) is 0.747. The molecule has 0 aliphatic rings. The lowest BCUT2D eigenvalue weighted by Gasteiger charge is -2.24. The van der Waals surface area contributed by atoms with Gasteiger partial charge in [-0.25, -0.2) is 8.42 Å². The van der Waals surface area contributed by atoms with Gasteiger partial charge in [0.25, 0.3) is 0 Å². The van der Waals surface area contributed by atoms with Crippen molar-refractivity contribution < 1.29 is 13.2 Å². The number of amides is 1. The highest BCUT2D eigenvalue weighted by atomic mass is 35.5. The molecule has 0 aromatic heterocycles. The molecule has 0 fully saturated rings. The number of nitrogens with one attached hydrogen (secondary N) is 1. The Hall–Kier alpha value is -1.76. The highest BCUT2D eigenvalue weighted by Gasteiger charge is 2.24. The number of aryl methyl sites for hydroxylation is 2. The molecule has 146 valence electrons. The minimum Gasteiger partial charge on any atom is -0.348 e. The summed E-state index contributed by atoms with van der Waals surface area (Å²) in [6, 6.07) is 10.1. The molecule has 1 N–H and O–H groups in total. The Morgan fingerprint density at radius 2 is 1.78 bits per heavy atom. The van der Waals surface area contributed by atoms with E-state index in [4.69, 9.17) is 23.2 Å². The van der Waals surface area contributed by atoms with Gasteiger partial charge in [0.1, 0.15) is 6.54 Å². The van der Waals surface area contributed by atoms with E-state index in [1.807, 2.05) is 39.0 Å². The molecule has 0 bridgehead atoms. The van der Waals surface area contributed by atoms with Gasteiger partial charge in [0, 0.05) is 5.02 Å². The van der Waals surface area contributed by atoms with Crippen molar-refractivity contribution in [1.82, 2.24) is 5.32 Å². The van der Waals surface area contributed by atoms with Crippen molar-refractivity contribution in [1.29, 1.82) is 0 Å². The third-order valence-electron chi connectivity index (χ3n) is 4.27. The van der Waals surface area contributed by atoms with Crippen molar-refractivity contribution in [2.45, 2.75) is 26.8 Å². The van der Waals surface area contributed by atoms with Gasteiger partial charge in [-0.3, -0.25) is 9.10 Å². The van der Waals surface area contributed by atoms with Gasteiger partial charge in [-0.05, 0) is 55.7 Å². The summed E-state index contributed by atoms with van der Waals surface area (Å²) < 4.78 is 25.4. The van der Waals surface area contributed by atoms with Crippen LogP contribution in [-0.4, -0.2) is 27.1 Å². The second-order valence-corrected chi connectivity index (χ2v) is 9.25. The van der Waals surface area contributed by atoms with Crippen LogP contribution in [0.25, 0.3) is 0 Å². The van der Waals surface area contributed by atoms with Crippen LogP contribution in [0.15, 0.2) is 36.4 Å². The fourth-order valence-corrected chi connectivity index (χ4v) is 4.03. The number of hydrogen-bond donors (Lipinski definition) is 1. The van der Waals surface area contributed by atoms with Gasteiger partial charge < -0.3 is 5.32 Å². The van der Waals surface area contributed by atoms with Gasteiger partial charge in [-0.2, -0.15) is 0 Å². The smallest absolute Gasteiger partial charge is 0.241 e. The van der Waals surface area contributed by atoms with Gasteiger partial charge >= 0.3 is 0 Å². The molecule has 1 atom stereocenters. The van der Waals surface area contributed by atoms with E-state index >= 15 is 0 Å². The first kappa shape index (κ1) is 21.5. The second-order valence-electron chi connectivity index (χ2n) is 6.50. The van der Waals surface area contributed by atoms with Crippen LogP contribution in [0, 0.1) is 13.8 Å². The van der Waals surface area contributed by atoms with Crippen LogP contribution in [-0.2, 0) is 14.8 Å². The molecule has 2 rings (SSSR count). The first-order valence-corrected chi connectivity index (χ1v) is 10.9. The van der Waals surface area contributed by atoms with E-state index in [0.717, 1.165) is 27.3 Å². The summed E-state index contributed by atoms with van der Waals surface area (Å²) in [5.74, 6) is -0.433. The number of sulfonamides is 1. The number of nitrogens with zero attached hydrogens (tertiary/aromatic N) is 1. The summed E-state index contributed by atoms with van der Waals surface area (Å²) in [5.41, 5.74) is 3.44. The van der Waals surface area contributed by atoms with E-state index in [1.165, 1.54) is 18.2 Å². The molecule has 0 saturated heterocycles. The summed E-state index contributed by atoms with van der Waals surface area (Å²) >= 11 is 12.0. The van der Waals surface area contributed by atoms with E-state index in [1.54, 1.807) is 0 Å². The maximum atomic E-state index is 12.5. The molecule has 0 aliphatic carbocycles. The lowest BCUT2D eigenvalue weighted by Crippen LogP contribution is -2.41. The lowest BCUT2D eigenvalue weighted by molar-refractivity contribution is -0.120. The fourth-order valence-electron chi connectivity index (χ4n) is 2.60. The predicted octanol–water partition coefficient (Wildman–Crippen LogP) is 4.25. The standard InChI is InChI=1S/C19H22Cl2N2O3S/c1-12-5-6-15(9-13(12)2)14(3)22-19(24)11-23(27(4,25)26)18-8-7-16(20)10-17(18)21/h5-10,14H,11H2,1-4H3,(H,22,24). The Morgan fingerprint density at radius 3 is 2.33 bits per heavy atom. The van der Waals surface area contributed by atoms with E-state index in [2.05, 4.69) is 5.32 Å². The zero-order chi connectivity index (χ0) is 20.4. The van der Waals surface area contributed by atoms with Crippen molar-refractivity contribution in [2.24, 2.45) is 0 Å². The molecule has 0 aliphatic heterocycles. The maximum Gasteiger partial charge on any atom is 0.241 e. The predicted molar refractivity (Wildman–Crippen MR) is 111 cm³/mol. The monoisotopic (exact) mass is 428 g/mol. The van der Waals surface area contributed by atoms with Crippen LogP contribution >= 0.6 is 23.2 Å². The van der Waals surface area contributed by atoms with Crippen LogP contribution in [0.2, 0.25) is 10.0 Å². The van der Waals surface area contributed by atoms with E-state index < -0.39 is 15.9 Å². The van der Waals surface area contributed by atoms with Gasteiger partial charge in [0.15, 0.2) is 0 Å². The van der Waals surface area contributed by atoms with Gasteiger partial charge in [-0.15, -0.1) is 0 Å².